The third-order valence-electron chi connectivity index (χ3n) is 1.85. The van der Waals surface area contributed by atoms with E-state index >= 15 is 0 Å². The second-order valence-corrected chi connectivity index (χ2v) is 2.65. The van der Waals surface area contributed by atoms with Crippen LogP contribution in [-0.2, 0) is 4.79 Å². The molecule has 60 valence electrons. The van der Waals surface area contributed by atoms with Crippen LogP contribution in [0.3, 0.4) is 0 Å². The fourth-order valence-electron chi connectivity index (χ4n) is 1.25. The van der Waals surface area contributed by atoms with E-state index in [4.69, 9.17) is 0 Å². The van der Waals surface area contributed by atoms with Crippen LogP contribution in [0.5, 0.6) is 0 Å². The summed E-state index contributed by atoms with van der Waals surface area (Å²) in [5.74, 6) is -0.914. The molecule has 2 rings (SSSR count). The molecule has 1 aliphatic carbocycles. The number of nitrogens with zero attached hydrogens (tertiary/aromatic N) is 1. The average Bonchev–Trinajstić information content (AvgIpc) is 2.04. The number of dihydropyridines is 1. The predicted octanol–water partition coefficient (Wildman–Crippen LogP) is 1.56. The van der Waals surface area contributed by atoms with Gasteiger partial charge in [0.15, 0.2) is 0 Å². The first-order chi connectivity index (χ1) is 5.77. The number of aliphatic imine (C=N–C) groups is 1. The zero-order valence-corrected chi connectivity index (χ0v) is 6.20. The highest BCUT2D eigenvalue weighted by Crippen LogP contribution is 2.25. The highest BCUT2D eigenvalue weighted by Gasteiger charge is 2.22. The molecule has 0 saturated carbocycles. The van der Waals surface area contributed by atoms with Crippen molar-refractivity contribution in [2.24, 2.45) is 10.9 Å². The summed E-state index contributed by atoms with van der Waals surface area (Å²) in [5, 5.41) is 0. The summed E-state index contributed by atoms with van der Waals surface area (Å²) in [4.78, 5) is 14.7. The molecule has 3 heteroatoms. The molecular formula is C9H6FNO. The number of carbonyl (C=O) groups is 1. The van der Waals surface area contributed by atoms with Gasteiger partial charge < -0.3 is 0 Å². The van der Waals surface area contributed by atoms with Gasteiger partial charge in [0.2, 0.25) is 0 Å². The third-order valence-corrected chi connectivity index (χ3v) is 1.85. The van der Waals surface area contributed by atoms with Gasteiger partial charge in [0.05, 0.1) is 5.92 Å². The maximum Gasteiger partial charge on any atom is 0.257 e. The van der Waals surface area contributed by atoms with Crippen molar-refractivity contribution >= 4 is 12.1 Å². The Morgan fingerprint density at radius 2 is 2.33 bits per heavy atom. The molecular weight excluding hydrogens is 157 g/mol. The normalized spacial score (nSPS) is 26.4. The molecule has 0 radical (unpaired) electrons. The van der Waals surface area contributed by atoms with E-state index in [-0.39, 0.29) is 17.7 Å². The van der Waals surface area contributed by atoms with Gasteiger partial charge in [0.25, 0.3) is 5.91 Å². The van der Waals surface area contributed by atoms with Crippen molar-refractivity contribution < 1.29 is 9.18 Å². The third kappa shape index (κ3) is 1.03. The number of amides is 1. The molecule has 0 aromatic rings. The molecule has 0 spiro atoms. The van der Waals surface area contributed by atoms with E-state index in [0.717, 1.165) is 0 Å². The van der Waals surface area contributed by atoms with Crippen LogP contribution in [0.25, 0.3) is 0 Å². The molecule has 0 aromatic heterocycles. The van der Waals surface area contributed by atoms with Gasteiger partial charge in [-0.2, -0.15) is 0 Å². The minimum Gasteiger partial charge on any atom is -0.272 e. The van der Waals surface area contributed by atoms with Gasteiger partial charge in [0, 0.05) is 6.21 Å². The minimum absolute atomic E-state index is 0.229. The number of hydrogen-bond donors (Lipinski definition) is 0. The SMILES string of the molecule is O=C1N=CC=C2C=C(F)C=CC12. The van der Waals surface area contributed by atoms with E-state index in [1.54, 1.807) is 6.08 Å². The molecule has 2 aliphatic rings. The van der Waals surface area contributed by atoms with Gasteiger partial charge in [-0.05, 0) is 23.8 Å². The molecule has 1 unspecified atom stereocenters. The fourth-order valence-corrected chi connectivity index (χ4v) is 1.25. The van der Waals surface area contributed by atoms with Crippen molar-refractivity contribution in [3.05, 3.63) is 35.7 Å². The lowest BCUT2D eigenvalue weighted by Gasteiger charge is -2.15. The molecule has 0 aromatic carbocycles. The van der Waals surface area contributed by atoms with E-state index < -0.39 is 0 Å². The first-order valence-electron chi connectivity index (χ1n) is 3.61. The van der Waals surface area contributed by atoms with Crippen LogP contribution < -0.4 is 0 Å². The number of allylic oxidation sites excluding steroid dienone is 4. The van der Waals surface area contributed by atoms with Crippen molar-refractivity contribution in [1.29, 1.82) is 0 Å². The number of halogens is 1. The molecule has 1 amide bonds. The molecule has 12 heavy (non-hydrogen) atoms. The van der Waals surface area contributed by atoms with E-state index in [1.165, 1.54) is 24.4 Å². The second kappa shape index (κ2) is 2.52. The molecule has 2 nitrogen and oxygen atoms in total. The van der Waals surface area contributed by atoms with Crippen LogP contribution >= 0.6 is 0 Å². The average molecular weight is 163 g/mol. The second-order valence-electron chi connectivity index (χ2n) is 2.65. The summed E-state index contributed by atoms with van der Waals surface area (Å²) < 4.78 is 12.7. The lowest BCUT2D eigenvalue weighted by Crippen LogP contribution is -2.16. The van der Waals surface area contributed by atoms with Crippen molar-refractivity contribution in [3.8, 4) is 0 Å². The standard InChI is InChI=1S/C9H6FNO/c10-7-1-2-8-6(5-7)3-4-11-9(8)12/h1-5,8H. The molecule has 1 aliphatic heterocycles. The van der Waals surface area contributed by atoms with Crippen LogP contribution in [0.1, 0.15) is 0 Å². The first kappa shape index (κ1) is 7.16. The summed E-state index contributed by atoms with van der Waals surface area (Å²) in [6, 6.07) is 0. The van der Waals surface area contributed by atoms with E-state index in [2.05, 4.69) is 4.99 Å². The highest BCUT2D eigenvalue weighted by atomic mass is 19.1. The van der Waals surface area contributed by atoms with Crippen molar-refractivity contribution in [3.63, 3.8) is 0 Å². The van der Waals surface area contributed by atoms with E-state index in [9.17, 15) is 9.18 Å². The molecule has 0 N–H and O–H groups in total. The largest absolute Gasteiger partial charge is 0.272 e. The van der Waals surface area contributed by atoms with Crippen LogP contribution in [0.2, 0.25) is 0 Å². The molecule has 0 fully saturated rings. The highest BCUT2D eigenvalue weighted by molar-refractivity contribution is 5.97. The summed E-state index contributed by atoms with van der Waals surface area (Å²) >= 11 is 0. The quantitative estimate of drug-likeness (QED) is 0.532. The maximum atomic E-state index is 12.7. The lowest BCUT2D eigenvalue weighted by molar-refractivity contribution is -0.119. The number of hydrogen-bond acceptors (Lipinski definition) is 1. The summed E-state index contributed by atoms with van der Waals surface area (Å²) in [6.07, 6.45) is 7.22. The monoisotopic (exact) mass is 163 g/mol. The first-order valence-corrected chi connectivity index (χ1v) is 3.61. The lowest BCUT2D eigenvalue weighted by atomic mass is 9.92. The van der Waals surface area contributed by atoms with Gasteiger partial charge in [0.1, 0.15) is 5.83 Å². The van der Waals surface area contributed by atoms with E-state index in [1.807, 2.05) is 0 Å². The maximum absolute atomic E-state index is 12.7. The minimum atomic E-state index is -0.366. The summed E-state index contributed by atoms with van der Waals surface area (Å²) in [6.45, 7) is 0. The smallest absolute Gasteiger partial charge is 0.257 e. The number of carbonyl (C=O) groups excluding carboxylic acids is 1. The van der Waals surface area contributed by atoms with Crippen LogP contribution in [-0.4, -0.2) is 12.1 Å². The van der Waals surface area contributed by atoms with Gasteiger partial charge in [-0.15, -0.1) is 0 Å². The molecule has 0 bridgehead atoms. The van der Waals surface area contributed by atoms with Crippen LogP contribution in [0, 0.1) is 5.92 Å². The zero-order chi connectivity index (χ0) is 8.55. The Morgan fingerprint density at radius 3 is 3.17 bits per heavy atom. The van der Waals surface area contributed by atoms with Crippen molar-refractivity contribution in [2.45, 2.75) is 0 Å². The van der Waals surface area contributed by atoms with Gasteiger partial charge >= 0.3 is 0 Å². The summed E-state index contributed by atoms with van der Waals surface area (Å²) in [5.41, 5.74) is 0.676. The topological polar surface area (TPSA) is 29.4 Å². The van der Waals surface area contributed by atoms with E-state index in [0.29, 0.717) is 5.57 Å². The van der Waals surface area contributed by atoms with Gasteiger partial charge in [-0.3, -0.25) is 4.79 Å². The Bertz CT molecular complexity index is 350. The van der Waals surface area contributed by atoms with Crippen molar-refractivity contribution in [1.82, 2.24) is 0 Å². The Hall–Kier alpha value is -1.51. The van der Waals surface area contributed by atoms with Crippen molar-refractivity contribution in [2.75, 3.05) is 0 Å². The summed E-state index contributed by atoms with van der Waals surface area (Å²) in [7, 11) is 0. The Labute approximate surface area is 68.8 Å². The predicted molar refractivity (Wildman–Crippen MR) is 43.4 cm³/mol. The van der Waals surface area contributed by atoms with Gasteiger partial charge in [-0.1, -0.05) is 6.08 Å². The Balaban J connectivity index is 2.43. The van der Waals surface area contributed by atoms with Crippen LogP contribution in [0.15, 0.2) is 40.7 Å². The Kier molecular flexibility index (Phi) is 1.50. The Morgan fingerprint density at radius 1 is 1.50 bits per heavy atom. The van der Waals surface area contributed by atoms with Gasteiger partial charge in [-0.25, -0.2) is 9.38 Å². The van der Waals surface area contributed by atoms with Crippen LogP contribution in [0.4, 0.5) is 4.39 Å². The molecule has 1 atom stereocenters. The zero-order valence-electron chi connectivity index (χ0n) is 6.20. The number of rotatable bonds is 0. The molecule has 0 saturated heterocycles. The fraction of sp³-hybridized carbons (Fsp3) is 0.111. The molecule has 1 heterocycles. The number of fused-ring (bicyclic) bond motifs is 1.